The summed E-state index contributed by atoms with van der Waals surface area (Å²) in [6.45, 7) is 4.93. The van der Waals surface area contributed by atoms with Crippen molar-refractivity contribution in [2.45, 2.75) is 77.4 Å². The zero-order valence-electron chi connectivity index (χ0n) is 11.0. The van der Waals surface area contributed by atoms with Gasteiger partial charge >= 0.3 is 0 Å². The third-order valence-corrected chi connectivity index (χ3v) is 3.71. The predicted octanol–water partition coefficient (Wildman–Crippen LogP) is 3.52. The SMILES string of the molecule is CCCCC(O)C(OCC)C1CCCCC1. The Morgan fingerprint density at radius 3 is 2.44 bits per heavy atom. The standard InChI is InChI=1S/C14H28O2/c1-3-5-11-13(15)14(16-4-2)12-9-7-6-8-10-12/h12-15H,3-11H2,1-2H3. The van der Waals surface area contributed by atoms with E-state index >= 15 is 0 Å². The fourth-order valence-corrected chi connectivity index (χ4v) is 2.79. The van der Waals surface area contributed by atoms with Crippen molar-refractivity contribution in [3.8, 4) is 0 Å². The van der Waals surface area contributed by atoms with Gasteiger partial charge in [0.2, 0.25) is 0 Å². The summed E-state index contributed by atoms with van der Waals surface area (Å²) in [6.07, 6.45) is 9.49. The monoisotopic (exact) mass is 228 g/mol. The second-order valence-electron chi connectivity index (χ2n) is 5.03. The Kier molecular flexibility index (Phi) is 7.06. The van der Waals surface area contributed by atoms with E-state index in [1.54, 1.807) is 0 Å². The lowest BCUT2D eigenvalue weighted by molar-refractivity contribution is -0.0751. The highest BCUT2D eigenvalue weighted by Gasteiger charge is 2.29. The van der Waals surface area contributed by atoms with Gasteiger partial charge in [-0.2, -0.15) is 0 Å². The fraction of sp³-hybridized carbons (Fsp3) is 1.00. The van der Waals surface area contributed by atoms with Gasteiger partial charge in [0.1, 0.15) is 0 Å². The predicted molar refractivity (Wildman–Crippen MR) is 67.5 cm³/mol. The minimum atomic E-state index is -0.247. The molecule has 0 heterocycles. The van der Waals surface area contributed by atoms with E-state index in [4.69, 9.17) is 4.74 Å². The lowest BCUT2D eigenvalue weighted by Gasteiger charge is -2.33. The van der Waals surface area contributed by atoms with Crippen molar-refractivity contribution in [1.82, 2.24) is 0 Å². The summed E-state index contributed by atoms with van der Waals surface area (Å²) in [4.78, 5) is 0. The van der Waals surface area contributed by atoms with E-state index in [2.05, 4.69) is 6.92 Å². The van der Waals surface area contributed by atoms with Crippen LogP contribution in [0.2, 0.25) is 0 Å². The van der Waals surface area contributed by atoms with Crippen molar-refractivity contribution in [2.24, 2.45) is 5.92 Å². The minimum Gasteiger partial charge on any atom is -0.390 e. The first-order valence-electron chi connectivity index (χ1n) is 7.09. The van der Waals surface area contributed by atoms with Gasteiger partial charge < -0.3 is 9.84 Å². The molecule has 1 fully saturated rings. The van der Waals surface area contributed by atoms with Gasteiger partial charge in [0.05, 0.1) is 12.2 Å². The quantitative estimate of drug-likeness (QED) is 0.722. The molecule has 1 N–H and O–H groups in total. The van der Waals surface area contributed by atoms with Crippen LogP contribution in [-0.4, -0.2) is 23.9 Å². The third-order valence-electron chi connectivity index (χ3n) is 3.71. The molecule has 2 nitrogen and oxygen atoms in total. The van der Waals surface area contributed by atoms with Gasteiger partial charge in [-0.15, -0.1) is 0 Å². The second-order valence-corrected chi connectivity index (χ2v) is 5.03. The Bertz CT molecular complexity index is 164. The normalized spacial score (nSPS) is 21.9. The van der Waals surface area contributed by atoms with Crippen LogP contribution in [0.4, 0.5) is 0 Å². The van der Waals surface area contributed by atoms with Crippen molar-refractivity contribution in [3.63, 3.8) is 0 Å². The first-order chi connectivity index (χ1) is 7.79. The van der Waals surface area contributed by atoms with E-state index in [9.17, 15) is 5.11 Å². The molecule has 0 bridgehead atoms. The number of hydrogen-bond donors (Lipinski definition) is 1. The summed E-state index contributed by atoms with van der Waals surface area (Å²) in [7, 11) is 0. The molecule has 2 heteroatoms. The lowest BCUT2D eigenvalue weighted by Crippen LogP contribution is -2.37. The van der Waals surface area contributed by atoms with Crippen LogP contribution in [0.15, 0.2) is 0 Å². The molecular weight excluding hydrogens is 200 g/mol. The van der Waals surface area contributed by atoms with Crippen molar-refractivity contribution in [1.29, 1.82) is 0 Å². The number of ether oxygens (including phenoxy) is 1. The van der Waals surface area contributed by atoms with E-state index in [-0.39, 0.29) is 12.2 Å². The highest BCUT2D eigenvalue weighted by molar-refractivity contribution is 4.80. The zero-order chi connectivity index (χ0) is 11.8. The van der Waals surface area contributed by atoms with Crippen molar-refractivity contribution in [2.75, 3.05) is 6.61 Å². The Labute approximate surface area is 100 Å². The summed E-state index contributed by atoms with van der Waals surface area (Å²) in [6, 6.07) is 0. The molecule has 1 aliphatic rings. The van der Waals surface area contributed by atoms with E-state index < -0.39 is 0 Å². The van der Waals surface area contributed by atoms with Gasteiger partial charge in [0.25, 0.3) is 0 Å². The van der Waals surface area contributed by atoms with E-state index in [1.807, 2.05) is 6.92 Å². The Balaban J connectivity index is 2.43. The Morgan fingerprint density at radius 1 is 1.19 bits per heavy atom. The highest BCUT2D eigenvalue weighted by Crippen LogP contribution is 2.30. The molecule has 1 aliphatic carbocycles. The molecule has 0 aromatic carbocycles. The Morgan fingerprint density at radius 2 is 1.88 bits per heavy atom. The van der Waals surface area contributed by atoms with Gasteiger partial charge in [-0.25, -0.2) is 0 Å². The molecule has 2 atom stereocenters. The second kappa shape index (κ2) is 8.08. The number of aliphatic hydroxyl groups is 1. The van der Waals surface area contributed by atoms with Crippen LogP contribution in [0.1, 0.15) is 65.2 Å². The lowest BCUT2D eigenvalue weighted by atomic mass is 9.82. The summed E-state index contributed by atoms with van der Waals surface area (Å²) in [5, 5.41) is 10.2. The maximum Gasteiger partial charge on any atom is 0.0861 e. The van der Waals surface area contributed by atoms with Crippen molar-refractivity contribution >= 4 is 0 Å². The third kappa shape index (κ3) is 4.42. The van der Waals surface area contributed by atoms with E-state index in [0.717, 1.165) is 25.9 Å². The molecule has 1 rings (SSSR count). The van der Waals surface area contributed by atoms with Crippen LogP contribution < -0.4 is 0 Å². The number of hydrogen-bond acceptors (Lipinski definition) is 2. The topological polar surface area (TPSA) is 29.5 Å². The van der Waals surface area contributed by atoms with Gasteiger partial charge in [0, 0.05) is 6.61 Å². The Hall–Kier alpha value is -0.0800. The minimum absolute atomic E-state index is 0.0943. The highest BCUT2D eigenvalue weighted by atomic mass is 16.5. The van der Waals surface area contributed by atoms with Gasteiger partial charge in [0.15, 0.2) is 0 Å². The summed E-state index contributed by atoms with van der Waals surface area (Å²) in [5.74, 6) is 0.598. The van der Waals surface area contributed by atoms with Crippen molar-refractivity contribution in [3.05, 3.63) is 0 Å². The molecule has 0 aromatic heterocycles. The summed E-state index contributed by atoms with van der Waals surface area (Å²) < 4.78 is 5.79. The van der Waals surface area contributed by atoms with E-state index in [1.165, 1.54) is 32.1 Å². The first-order valence-corrected chi connectivity index (χ1v) is 7.09. The first kappa shape index (κ1) is 14.0. The summed E-state index contributed by atoms with van der Waals surface area (Å²) >= 11 is 0. The molecule has 2 unspecified atom stereocenters. The van der Waals surface area contributed by atoms with Crippen LogP contribution in [0.3, 0.4) is 0 Å². The van der Waals surface area contributed by atoms with Crippen LogP contribution in [-0.2, 0) is 4.74 Å². The van der Waals surface area contributed by atoms with E-state index in [0.29, 0.717) is 5.92 Å². The molecule has 0 radical (unpaired) electrons. The maximum atomic E-state index is 10.2. The van der Waals surface area contributed by atoms with Crippen LogP contribution in [0, 0.1) is 5.92 Å². The average molecular weight is 228 g/mol. The molecule has 0 aromatic rings. The van der Waals surface area contributed by atoms with Crippen LogP contribution in [0.25, 0.3) is 0 Å². The van der Waals surface area contributed by atoms with Gasteiger partial charge in [-0.3, -0.25) is 0 Å². The maximum absolute atomic E-state index is 10.2. The van der Waals surface area contributed by atoms with Gasteiger partial charge in [-0.05, 0) is 32.1 Å². The van der Waals surface area contributed by atoms with Gasteiger partial charge in [-0.1, -0.05) is 39.0 Å². The molecule has 0 spiro atoms. The molecule has 0 aliphatic heterocycles. The summed E-state index contributed by atoms with van der Waals surface area (Å²) in [5.41, 5.74) is 0. The molecule has 1 saturated carbocycles. The molecular formula is C14H28O2. The molecule has 0 saturated heterocycles. The van der Waals surface area contributed by atoms with Crippen LogP contribution in [0.5, 0.6) is 0 Å². The molecule has 96 valence electrons. The average Bonchev–Trinajstić information content (AvgIpc) is 2.34. The van der Waals surface area contributed by atoms with Crippen molar-refractivity contribution < 1.29 is 9.84 Å². The smallest absolute Gasteiger partial charge is 0.0861 e. The fourth-order valence-electron chi connectivity index (χ4n) is 2.79. The number of rotatable bonds is 7. The largest absolute Gasteiger partial charge is 0.390 e. The molecule has 16 heavy (non-hydrogen) atoms. The number of unbranched alkanes of at least 4 members (excludes halogenated alkanes) is 1. The molecule has 0 amide bonds. The van der Waals surface area contributed by atoms with Crippen LogP contribution >= 0.6 is 0 Å². The number of aliphatic hydroxyl groups excluding tert-OH is 1. The zero-order valence-corrected chi connectivity index (χ0v) is 11.0.